The zero-order valence-electron chi connectivity index (χ0n) is 19.3. The number of hydrogen-bond donors (Lipinski definition) is 1. The number of amides is 1. The van der Waals surface area contributed by atoms with Gasteiger partial charge in [0.25, 0.3) is 0 Å². The number of benzene rings is 2. The summed E-state index contributed by atoms with van der Waals surface area (Å²) in [6, 6.07) is 15.3. The van der Waals surface area contributed by atoms with Crippen LogP contribution in [0, 0.1) is 23.2 Å². The highest BCUT2D eigenvalue weighted by atomic mass is 16.7. The Morgan fingerprint density at radius 3 is 2.56 bits per heavy atom. The highest BCUT2D eigenvalue weighted by Gasteiger charge is 2.31. The number of rotatable bonds is 5. The zero-order chi connectivity index (χ0) is 23.7. The summed E-state index contributed by atoms with van der Waals surface area (Å²) in [5.74, 6) is 1.47. The maximum absolute atomic E-state index is 13.2. The Morgan fingerprint density at radius 2 is 1.82 bits per heavy atom. The molecule has 1 amide bonds. The van der Waals surface area contributed by atoms with Crippen LogP contribution < -0.4 is 19.7 Å². The molecule has 0 aliphatic carbocycles. The van der Waals surface area contributed by atoms with E-state index in [1.807, 2.05) is 42.5 Å². The van der Waals surface area contributed by atoms with Crippen molar-refractivity contribution >= 4 is 22.8 Å². The van der Waals surface area contributed by atoms with Crippen molar-refractivity contribution < 1.29 is 14.3 Å². The Bertz CT molecular complexity index is 1260. The van der Waals surface area contributed by atoms with Gasteiger partial charge in [-0.2, -0.15) is 5.26 Å². The Hall–Kier alpha value is -3.86. The van der Waals surface area contributed by atoms with Crippen LogP contribution in [0.15, 0.2) is 42.5 Å². The monoisotopic (exact) mass is 457 g/mol. The van der Waals surface area contributed by atoms with Crippen molar-refractivity contribution in [2.45, 2.75) is 32.7 Å². The van der Waals surface area contributed by atoms with Crippen molar-refractivity contribution in [3.8, 4) is 17.6 Å². The molecule has 0 saturated carbocycles. The third kappa shape index (κ3) is 4.34. The summed E-state index contributed by atoms with van der Waals surface area (Å²) in [4.78, 5) is 25.0. The number of ether oxygens (including phenoxy) is 2. The van der Waals surface area contributed by atoms with Gasteiger partial charge in [0.05, 0.1) is 17.1 Å². The second-order valence-electron chi connectivity index (χ2n) is 9.24. The SMILES string of the molecule is CC1CC(C)CN(c2nc3ccccc3nc2C(C#N)C(=O)NCc2ccc3c(c2)OCO3)C1. The summed E-state index contributed by atoms with van der Waals surface area (Å²) >= 11 is 0. The minimum Gasteiger partial charge on any atom is -0.454 e. The lowest BCUT2D eigenvalue weighted by molar-refractivity contribution is -0.121. The number of piperidine rings is 1. The largest absolute Gasteiger partial charge is 0.454 e. The van der Waals surface area contributed by atoms with E-state index in [-0.39, 0.29) is 13.3 Å². The lowest BCUT2D eigenvalue weighted by Gasteiger charge is -2.36. The standard InChI is InChI=1S/C26H27N5O3/c1-16-9-17(2)14-31(13-16)25-24(29-20-5-3-4-6-21(20)30-25)19(11-27)26(32)28-12-18-7-8-22-23(10-18)34-15-33-22/h3-8,10,16-17,19H,9,12-15H2,1-2H3,(H,28,32). The number of aromatic nitrogens is 2. The minimum atomic E-state index is -1.08. The molecule has 1 N–H and O–H groups in total. The van der Waals surface area contributed by atoms with Gasteiger partial charge in [-0.05, 0) is 48.1 Å². The van der Waals surface area contributed by atoms with Gasteiger partial charge in [0.2, 0.25) is 12.7 Å². The van der Waals surface area contributed by atoms with Gasteiger partial charge in [-0.25, -0.2) is 9.97 Å². The molecule has 8 nitrogen and oxygen atoms in total. The molecule has 2 aromatic carbocycles. The first-order valence-corrected chi connectivity index (χ1v) is 11.6. The molecule has 174 valence electrons. The highest BCUT2D eigenvalue weighted by Crippen LogP contribution is 2.33. The molecule has 1 saturated heterocycles. The van der Waals surface area contributed by atoms with Crippen LogP contribution in [0.2, 0.25) is 0 Å². The zero-order valence-corrected chi connectivity index (χ0v) is 19.3. The second-order valence-corrected chi connectivity index (χ2v) is 9.24. The number of anilines is 1. The van der Waals surface area contributed by atoms with Crippen LogP contribution in [0.3, 0.4) is 0 Å². The van der Waals surface area contributed by atoms with E-state index in [1.54, 1.807) is 0 Å². The van der Waals surface area contributed by atoms with Crippen molar-refractivity contribution in [3.05, 3.63) is 53.7 Å². The van der Waals surface area contributed by atoms with E-state index in [4.69, 9.17) is 19.4 Å². The number of nitrogens with one attached hydrogen (secondary N) is 1. The summed E-state index contributed by atoms with van der Waals surface area (Å²) in [7, 11) is 0. The van der Waals surface area contributed by atoms with Gasteiger partial charge in [0.1, 0.15) is 5.69 Å². The van der Waals surface area contributed by atoms with Crippen LogP contribution in [0.1, 0.15) is 37.4 Å². The Kier molecular flexibility index (Phi) is 5.93. The van der Waals surface area contributed by atoms with Crippen LogP contribution in [-0.4, -0.2) is 35.8 Å². The van der Waals surface area contributed by atoms with Crippen molar-refractivity contribution in [1.82, 2.24) is 15.3 Å². The molecular weight excluding hydrogens is 430 g/mol. The average Bonchev–Trinajstić information content (AvgIpc) is 3.30. The topological polar surface area (TPSA) is 100 Å². The van der Waals surface area contributed by atoms with E-state index in [0.717, 1.165) is 30.6 Å². The molecule has 1 fully saturated rings. The van der Waals surface area contributed by atoms with Crippen LogP contribution in [0.5, 0.6) is 11.5 Å². The van der Waals surface area contributed by atoms with Gasteiger partial charge in [-0.1, -0.05) is 32.0 Å². The van der Waals surface area contributed by atoms with Crippen molar-refractivity contribution in [2.75, 3.05) is 24.8 Å². The molecule has 0 bridgehead atoms. The Labute approximate surface area is 198 Å². The number of nitriles is 1. The fourth-order valence-corrected chi connectivity index (χ4v) is 4.85. The third-order valence-electron chi connectivity index (χ3n) is 6.31. The predicted octanol–water partition coefficient (Wildman–Crippen LogP) is 3.76. The van der Waals surface area contributed by atoms with E-state index in [9.17, 15) is 10.1 Å². The quantitative estimate of drug-likeness (QED) is 0.622. The summed E-state index contributed by atoms with van der Waals surface area (Å²) < 4.78 is 10.8. The van der Waals surface area contributed by atoms with Crippen LogP contribution in [0.25, 0.3) is 11.0 Å². The van der Waals surface area contributed by atoms with E-state index in [1.165, 1.54) is 0 Å². The number of nitrogens with zero attached hydrogens (tertiary/aromatic N) is 4. The van der Waals surface area contributed by atoms with E-state index in [2.05, 4.69) is 30.1 Å². The smallest absolute Gasteiger partial charge is 0.243 e. The summed E-state index contributed by atoms with van der Waals surface area (Å²) in [5.41, 5.74) is 2.69. The van der Waals surface area contributed by atoms with Gasteiger partial charge in [0.15, 0.2) is 23.2 Å². The highest BCUT2D eigenvalue weighted by molar-refractivity contribution is 5.88. The number of hydrogen-bond acceptors (Lipinski definition) is 7. The van der Waals surface area contributed by atoms with Crippen LogP contribution in [-0.2, 0) is 11.3 Å². The summed E-state index contributed by atoms with van der Waals surface area (Å²) in [6.07, 6.45) is 1.14. The van der Waals surface area contributed by atoms with Crippen LogP contribution in [0.4, 0.5) is 5.82 Å². The Balaban J connectivity index is 1.44. The van der Waals surface area contributed by atoms with Crippen molar-refractivity contribution in [2.24, 2.45) is 11.8 Å². The molecule has 8 heteroatoms. The van der Waals surface area contributed by atoms with Gasteiger partial charge in [-0.15, -0.1) is 0 Å². The summed E-state index contributed by atoms with van der Waals surface area (Å²) in [5, 5.41) is 12.9. The Morgan fingerprint density at radius 1 is 1.12 bits per heavy atom. The molecule has 3 aromatic rings. The third-order valence-corrected chi connectivity index (χ3v) is 6.31. The molecule has 5 rings (SSSR count). The molecule has 3 heterocycles. The molecular formula is C26H27N5O3. The fraction of sp³-hybridized carbons (Fsp3) is 0.385. The number of carbonyl (C=O) groups excluding carboxylic acids is 1. The lowest BCUT2D eigenvalue weighted by atomic mass is 9.91. The van der Waals surface area contributed by atoms with E-state index >= 15 is 0 Å². The van der Waals surface area contributed by atoms with Gasteiger partial charge in [0, 0.05) is 19.6 Å². The molecule has 0 spiro atoms. The molecule has 3 unspecified atom stereocenters. The van der Waals surface area contributed by atoms with Crippen molar-refractivity contribution in [3.63, 3.8) is 0 Å². The number of fused-ring (bicyclic) bond motifs is 2. The molecule has 3 atom stereocenters. The molecule has 34 heavy (non-hydrogen) atoms. The molecule has 0 radical (unpaired) electrons. The maximum Gasteiger partial charge on any atom is 0.243 e. The average molecular weight is 458 g/mol. The first-order chi connectivity index (χ1) is 16.5. The first-order valence-electron chi connectivity index (χ1n) is 11.6. The van der Waals surface area contributed by atoms with Gasteiger partial charge >= 0.3 is 0 Å². The van der Waals surface area contributed by atoms with Crippen molar-refractivity contribution in [1.29, 1.82) is 5.26 Å². The molecule has 1 aromatic heterocycles. The van der Waals surface area contributed by atoms with Gasteiger partial charge in [-0.3, -0.25) is 4.79 Å². The number of carbonyl (C=O) groups is 1. The predicted molar refractivity (Wildman–Crippen MR) is 127 cm³/mol. The lowest BCUT2D eigenvalue weighted by Crippen LogP contribution is -2.40. The van der Waals surface area contributed by atoms with E-state index in [0.29, 0.717) is 40.4 Å². The second kappa shape index (κ2) is 9.18. The van der Waals surface area contributed by atoms with E-state index < -0.39 is 11.8 Å². The molecule has 2 aliphatic heterocycles. The maximum atomic E-state index is 13.2. The molecule has 2 aliphatic rings. The normalized spacial score (nSPS) is 20.1. The number of para-hydroxylation sites is 2. The minimum absolute atomic E-state index is 0.193. The fourth-order valence-electron chi connectivity index (χ4n) is 4.85. The van der Waals surface area contributed by atoms with Crippen LogP contribution >= 0.6 is 0 Å². The first kappa shape index (κ1) is 22.0. The van der Waals surface area contributed by atoms with Gasteiger partial charge < -0.3 is 19.7 Å². The summed E-state index contributed by atoms with van der Waals surface area (Å²) in [6.45, 7) is 6.54.